The Morgan fingerprint density at radius 3 is 2.65 bits per heavy atom. The molecule has 0 aromatic heterocycles. The summed E-state index contributed by atoms with van der Waals surface area (Å²) in [5.74, 6) is 1.08. The topological polar surface area (TPSA) is 55.1 Å². The second kappa shape index (κ2) is 8.42. The number of nitrogens with two attached hydrogens (primary N) is 1. The van der Waals surface area contributed by atoms with Gasteiger partial charge < -0.3 is 11.1 Å². The first-order chi connectivity index (χ1) is 9.38. The fraction of sp³-hybridized carbons (Fsp3) is 0.533. The van der Waals surface area contributed by atoms with Crippen LogP contribution < -0.4 is 11.1 Å². The fourth-order valence-corrected chi connectivity index (χ4v) is 2.83. The number of nitrogens with one attached hydrogen (secondary N) is 1. The minimum Gasteiger partial charge on any atom is -0.399 e. The molecule has 1 aromatic carbocycles. The van der Waals surface area contributed by atoms with Crippen LogP contribution in [-0.2, 0) is 4.79 Å². The van der Waals surface area contributed by atoms with Crippen LogP contribution in [0.15, 0.2) is 23.1 Å². The van der Waals surface area contributed by atoms with Crippen LogP contribution in [0.5, 0.6) is 0 Å². The van der Waals surface area contributed by atoms with E-state index in [1.165, 1.54) is 11.8 Å². The first-order valence-electron chi connectivity index (χ1n) is 6.85. The highest BCUT2D eigenvalue weighted by atomic mass is 35.5. The van der Waals surface area contributed by atoms with Crippen LogP contribution in [0.4, 0.5) is 5.69 Å². The fourth-order valence-electron chi connectivity index (χ4n) is 1.75. The van der Waals surface area contributed by atoms with Gasteiger partial charge in [-0.2, -0.15) is 0 Å². The Kier molecular flexibility index (Phi) is 7.24. The Hall–Kier alpha value is -0.870. The maximum atomic E-state index is 11.8. The molecule has 0 aliphatic rings. The largest absolute Gasteiger partial charge is 0.399 e. The average molecular weight is 315 g/mol. The quantitative estimate of drug-likeness (QED) is 0.591. The van der Waals surface area contributed by atoms with E-state index in [1.807, 2.05) is 13.0 Å². The van der Waals surface area contributed by atoms with Gasteiger partial charge in [-0.05, 0) is 43.9 Å². The molecule has 1 amide bonds. The number of amides is 1. The van der Waals surface area contributed by atoms with Gasteiger partial charge in [-0.15, -0.1) is 11.8 Å². The highest BCUT2D eigenvalue weighted by molar-refractivity contribution is 8.00. The number of hydrogen-bond donors (Lipinski definition) is 2. The summed E-state index contributed by atoms with van der Waals surface area (Å²) < 4.78 is 0. The van der Waals surface area contributed by atoms with Gasteiger partial charge in [-0.25, -0.2) is 0 Å². The Morgan fingerprint density at radius 1 is 1.35 bits per heavy atom. The van der Waals surface area contributed by atoms with Gasteiger partial charge >= 0.3 is 0 Å². The predicted octanol–water partition coefficient (Wildman–Crippen LogP) is 3.96. The lowest BCUT2D eigenvalue weighted by molar-refractivity contribution is -0.119. The minimum absolute atomic E-state index is 0.0409. The third-order valence-corrected chi connectivity index (χ3v) is 4.40. The molecule has 112 valence electrons. The predicted molar refractivity (Wildman–Crippen MR) is 88.3 cm³/mol. The molecular formula is C15H23ClN2OS. The van der Waals surface area contributed by atoms with Crippen molar-refractivity contribution >= 4 is 35.0 Å². The Bertz CT molecular complexity index is 451. The van der Waals surface area contributed by atoms with Crippen molar-refractivity contribution in [2.75, 3.05) is 11.5 Å². The third kappa shape index (κ3) is 6.53. The van der Waals surface area contributed by atoms with E-state index in [1.54, 1.807) is 12.1 Å². The van der Waals surface area contributed by atoms with E-state index >= 15 is 0 Å². The van der Waals surface area contributed by atoms with Crippen molar-refractivity contribution in [3.8, 4) is 0 Å². The van der Waals surface area contributed by atoms with Crippen LogP contribution in [0.3, 0.4) is 0 Å². The van der Waals surface area contributed by atoms with Crippen molar-refractivity contribution in [3.05, 3.63) is 23.2 Å². The van der Waals surface area contributed by atoms with Crippen molar-refractivity contribution in [3.63, 3.8) is 0 Å². The lowest BCUT2D eigenvalue weighted by atomic mass is 10.0. The highest BCUT2D eigenvalue weighted by Crippen LogP contribution is 2.28. The number of halogens is 1. The molecule has 5 heteroatoms. The molecule has 20 heavy (non-hydrogen) atoms. The van der Waals surface area contributed by atoms with Crippen molar-refractivity contribution in [2.24, 2.45) is 5.92 Å². The van der Waals surface area contributed by atoms with Crippen LogP contribution >= 0.6 is 23.4 Å². The number of anilines is 1. The van der Waals surface area contributed by atoms with Crippen molar-refractivity contribution in [2.45, 2.75) is 44.6 Å². The van der Waals surface area contributed by atoms with E-state index in [-0.39, 0.29) is 11.9 Å². The SMILES string of the molecule is CC(C)CCC(C)NC(=O)CSc1ccc(N)cc1Cl. The molecule has 0 spiro atoms. The van der Waals surface area contributed by atoms with E-state index in [4.69, 9.17) is 17.3 Å². The molecule has 1 rings (SSSR count). The number of hydrogen-bond acceptors (Lipinski definition) is 3. The zero-order chi connectivity index (χ0) is 15.1. The average Bonchev–Trinajstić information content (AvgIpc) is 2.35. The van der Waals surface area contributed by atoms with Gasteiger partial charge in [0.15, 0.2) is 0 Å². The lowest BCUT2D eigenvalue weighted by Crippen LogP contribution is -2.34. The third-order valence-electron chi connectivity index (χ3n) is 2.90. The molecule has 1 atom stereocenters. The second-order valence-electron chi connectivity index (χ2n) is 5.42. The lowest BCUT2D eigenvalue weighted by Gasteiger charge is -2.15. The van der Waals surface area contributed by atoms with Gasteiger partial charge in [0.25, 0.3) is 0 Å². The molecule has 0 fully saturated rings. The van der Waals surface area contributed by atoms with Crippen LogP contribution in [0.1, 0.15) is 33.6 Å². The number of nitrogen functional groups attached to an aromatic ring is 1. The zero-order valence-corrected chi connectivity index (χ0v) is 13.9. The molecule has 0 bridgehead atoms. The van der Waals surface area contributed by atoms with Crippen molar-refractivity contribution < 1.29 is 4.79 Å². The Labute approximate surface area is 130 Å². The van der Waals surface area contributed by atoms with E-state index < -0.39 is 0 Å². The summed E-state index contributed by atoms with van der Waals surface area (Å²) in [6.45, 7) is 6.42. The van der Waals surface area contributed by atoms with Gasteiger partial charge in [-0.1, -0.05) is 25.4 Å². The molecular weight excluding hydrogens is 292 g/mol. The van der Waals surface area contributed by atoms with Crippen molar-refractivity contribution in [1.29, 1.82) is 0 Å². The molecule has 3 N–H and O–H groups in total. The number of carbonyl (C=O) groups excluding carboxylic acids is 1. The van der Waals surface area contributed by atoms with Gasteiger partial charge in [0.1, 0.15) is 0 Å². The molecule has 3 nitrogen and oxygen atoms in total. The maximum absolute atomic E-state index is 11.8. The molecule has 1 aromatic rings. The summed E-state index contributed by atoms with van der Waals surface area (Å²) in [7, 11) is 0. The Morgan fingerprint density at radius 2 is 2.05 bits per heavy atom. The molecule has 0 aliphatic carbocycles. The first-order valence-corrected chi connectivity index (χ1v) is 8.22. The first kappa shape index (κ1) is 17.2. The summed E-state index contributed by atoms with van der Waals surface area (Å²) in [5, 5.41) is 3.60. The second-order valence-corrected chi connectivity index (χ2v) is 6.84. The smallest absolute Gasteiger partial charge is 0.230 e. The standard InChI is InChI=1S/C15H23ClN2OS/c1-10(2)4-5-11(3)18-15(19)9-20-14-7-6-12(17)8-13(14)16/h6-8,10-11H,4-5,9,17H2,1-3H3,(H,18,19). The number of benzene rings is 1. The molecule has 0 radical (unpaired) electrons. The van der Waals surface area contributed by atoms with Gasteiger partial charge in [-0.3, -0.25) is 4.79 Å². The van der Waals surface area contributed by atoms with Gasteiger partial charge in [0, 0.05) is 16.6 Å². The van der Waals surface area contributed by atoms with E-state index in [0.717, 1.165) is 17.7 Å². The van der Waals surface area contributed by atoms with E-state index in [0.29, 0.717) is 22.4 Å². The van der Waals surface area contributed by atoms with Crippen LogP contribution in [0.2, 0.25) is 5.02 Å². The van der Waals surface area contributed by atoms with Crippen LogP contribution in [0, 0.1) is 5.92 Å². The highest BCUT2D eigenvalue weighted by Gasteiger charge is 2.10. The number of carbonyl (C=O) groups is 1. The molecule has 1 unspecified atom stereocenters. The molecule has 0 heterocycles. The van der Waals surface area contributed by atoms with Gasteiger partial charge in [0.05, 0.1) is 10.8 Å². The normalized spacial score (nSPS) is 12.4. The van der Waals surface area contributed by atoms with Crippen LogP contribution in [0.25, 0.3) is 0 Å². The summed E-state index contributed by atoms with van der Waals surface area (Å²) in [6, 6.07) is 5.55. The monoisotopic (exact) mass is 314 g/mol. The number of thioether (sulfide) groups is 1. The number of rotatable bonds is 7. The van der Waals surface area contributed by atoms with Crippen molar-refractivity contribution in [1.82, 2.24) is 5.32 Å². The molecule has 0 saturated carbocycles. The zero-order valence-electron chi connectivity index (χ0n) is 12.3. The summed E-state index contributed by atoms with van der Waals surface area (Å²) in [6.07, 6.45) is 2.13. The summed E-state index contributed by atoms with van der Waals surface area (Å²) >= 11 is 7.50. The molecule has 0 aliphatic heterocycles. The van der Waals surface area contributed by atoms with E-state index in [2.05, 4.69) is 19.2 Å². The Balaban J connectivity index is 2.36. The van der Waals surface area contributed by atoms with Crippen LogP contribution in [-0.4, -0.2) is 17.7 Å². The van der Waals surface area contributed by atoms with Gasteiger partial charge in [0.2, 0.25) is 5.91 Å². The minimum atomic E-state index is 0.0409. The molecule has 0 saturated heterocycles. The summed E-state index contributed by atoms with van der Waals surface area (Å²) in [5.41, 5.74) is 6.26. The van der Waals surface area contributed by atoms with E-state index in [9.17, 15) is 4.79 Å². The maximum Gasteiger partial charge on any atom is 0.230 e. The summed E-state index contributed by atoms with van der Waals surface area (Å²) in [4.78, 5) is 12.7.